The quantitative estimate of drug-likeness (QED) is 0.780. The smallest absolute Gasteiger partial charge is 0.220 e. The summed E-state index contributed by atoms with van der Waals surface area (Å²) in [6.45, 7) is 2.75. The third-order valence-electron chi connectivity index (χ3n) is 3.45. The van der Waals surface area contributed by atoms with Gasteiger partial charge in [-0.15, -0.1) is 0 Å². The number of anilines is 1. The molecule has 1 aromatic carbocycles. The highest BCUT2D eigenvalue weighted by Gasteiger charge is 2.22. The van der Waals surface area contributed by atoms with E-state index in [4.69, 9.17) is 5.73 Å². The summed E-state index contributed by atoms with van der Waals surface area (Å²) in [5, 5.41) is 2.98. The van der Waals surface area contributed by atoms with Gasteiger partial charge in [0.05, 0.1) is 11.0 Å². The molecule has 5 heteroatoms. The molecule has 0 saturated carbocycles. The summed E-state index contributed by atoms with van der Waals surface area (Å²) >= 11 is 0. The van der Waals surface area contributed by atoms with Crippen molar-refractivity contribution in [2.75, 3.05) is 5.73 Å². The molecule has 1 amide bonds. The highest BCUT2D eigenvalue weighted by molar-refractivity contribution is 5.80. The predicted octanol–water partition coefficient (Wildman–Crippen LogP) is 1.21. The van der Waals surface area contributed by atoms with Crippen LogP contribution in [0.5, 0.6) is 0 Å². The van der Waals surface area contributed by atoms with Crippen LogP contribution in [-0.2, 0) is 11.3 Å². The Morgan fingerprint density at radius 2 is 2.39 bits per heavy atom. The first kappa shape index (κ1) is 11.1. The van der Waals surface area contributed by atoms with Crippen molar-refractivity contribution in [3.63, 3.8) is 0 Å². The van der Waals surface area contributed by atoms with Crippen LogP contribution in [0, 0.1) is 6.92 Å². The highest BCUT2D eigenvalue weighted by Crippen LogP contribution is 2.20. The molecule has 3 rings (SSSR count). The fraction of sp³-hybridized carbons (Fsp3) is 0.385. The Balaban J connectivity index is 1.96. The number of carbonyl (C=O) groups is 1. The van der Waals surface area contributed by atoms with E-state index >= 15 is 0 Å². The lowest BCUT2D eigenvalue weighted by Crippen LogP contribution is -2.29. The van der Waals surface area contributed by atoms with Gasteiger partial charge in [-0.05, 0) is 31.5 Å². The van der Waals surface area contributed by atoms with Gasteiger partial charge >= 0.3 is 0 Å². The maximum Gasteiger partial charge on any atom is 0.220 e. The molecule has 18 heavy (non-hydrogen) atoms. The van der Waals surface area contributed by atoms with Crippen molar-refractivity contribution in [1.82, 2.24) is 14.9 Å². The van der Waals surface area contributed by atoms with Crippen molar-refractivity contribution in [2.24, 2.45) is 0 Å². The van der Waals surface area contributed by atoms with Crippen LogP contribution in [0.4, 0.5) is 5.69 Å². The summed E-state index contributed by atoms with van der Waals surface area (Å²) < 4.78 is 2.14. The lowest BCUT2D eigenvalue weighted by molar-refractivity contribution is -0.119. The van der Waals surface area contributed by atoms with Crippen molar-refractivity contribution in [3.05, 3.63) is 24.0 Å². The van der Waals surface area contributed by atoms with Gasteiger partial charge in [-0.1, -0.05) is 0 Å². The van der Waals surface area contributed by atoms with Gasteiger partial charge in [0.2, 0.25) is 5.91 Å². The zero-order valence-electron chi connectivity index (χ0n) is 10.3. The molecule has 0 radical (unpaired) electrons. The molecule has 5 nitrogen and oxygen atoms in total. The monoisotopic (exact) mass is 244 g/mol. The number of nitrogen functional groups attached to an aromatic ring is 1. The van der Waals surface area contributed by atoms with Gasteiger partial charge in [-0.25, -0.2) is 4.98 Å². The Kier molecular flexibility index (Phi) is 2.47. The molecular formula is C13H16N4O. The van der Waals surface area contributed by atoms with Crippen LogP contribution in [-0.4, -0.2) is 21.5 Å². The number of fused-ring (bicyclic) bond motifs is 1. The van der Waals surface area contributed by atoms with Crippen LogP contribution < -0.4 is 11.1 Å². The second-order valence-electron chi connectivity index (χ2n) is 4.82. The number of imidazole rings is 1. The number of benzene rings is 1. The van der Waals surface area contributed by atoms with Crippen molar-refractivity contribution < 1.29 is 4.79 Å². The third kappa shape index (κ3) is 1.81. The highest BCUT2D eigenvalue weighted by atomic mass is 16.1. The summed E-state index contributed by atoms with van der Waals surface area (Å²) in [6, 6.07) is 5.96. The maximum atomic E-state index is 11.2. The Morgan fingerprint density at radius 3 is 3.11 bits per heavy atom. The minimum absolute atomic E-state index is 0.145. The second-order valence-corrected chi connectivity index (χ2v) is 4.82. The molecule has 1 aliphatic heterocycles. The largest absolute Gasteiger partial charge is 0.399 e. The minimum Gasteiger partial charge on any atom is -0.399 e. The number of nitrogens with one attached hydrogen (secondary N) is 1. The number of nitrogens with two attached hydrogens (primary N) is 1. The van der Waals surface area contributed by atoms with E-state index in [1.165, 1.54) is 0 Å². The number of carbonyl (C=O) groups excluding carboxylic acids is 1. The summed E-state index contributed by atoms with van der Waals surface area (Å²) in [7, 11) is 0. The van der Waals surface area contributed by atoms with Gasteiger partial charge in [0.15, 0.2) is 0 Å². The molecule has 1 saturated heterocycles. The van der Waals surface area contributed by atoms with Crippen LogP contribution in [0.3, 0.4) is 0 Å². The van der Waals surface area contributed by atoms with Gasteiger partial charge in [0.1, 0.15) is 5.82 Å². The first-order valence-electron chi connectivity index (χ1n) is 6.15. The molecule has 1 aromatic heterocycles. The molecule has 1 aliphatic rings. The Morgan fingerprint density at radius 1 is 1.56 bits per heavy atom. The van der Waals surface area contributed by atoms with Gasteiger partial charge in [0.25, 0.3) is 0 Å². The van der Waals surface area contributed by atoms with Gasteiger partial charge < -0.3 is 15.6 Å². The first-order valence-corrected chi connectivity index (χ1v) is 6.15. The molecule has 0 aliphatic carbocycles. The SMILES string of the molecule is Cc1nc2cc(N)ccc2n1CC1CCC(=O)N1. The molecule has 3 N–H and O–H groups in total. The number of aromatic nitrogens is 2. The number of nitrogens with zero attached hydrogens (tertiary/aromatic N) is 2. The molecule has 0 spiro atoms. The van der Waals surface area contributed by atoms with Crippen molar-refractivity contribution in [3.8, 4) is 0 Å². The van der Waals surface area contributed by atoms with Crippen LogP contribution in [0.25, 0.3) is 11.0 Å². The van der Waals surface area contributed by atoms with Crippen LogP contribution >= 0.6 is 0 Å². The molecule has 1 fully saturated rings. The topological polar surface area (TPSA) is 72.9 Å². The van der Waals surface area contributed by atoms with Gasteiger partial charge in [-0.2, -0.15) is 0 Å². The summed E-state index contributed by atoms with van der Waals surface area (Å²) in [4.78, 5) is 15.7. The van der Waals surface area contributed by atoms with Crippen LogP contribution in [0.1, 0.15) is 18.7 Å². The van der Waals surface area contributed by atoms with Crippen molar-refractivity contribution in [2.45, 2.75) is 32.4 Å². The lowest BCUT2D eigenvalue weighted by Gasteiger charge is -2.13. The zero-order chi connectivity index (χ0) is 12.7. The number of rotatable bonds is 2. The van der Waals surface area contributed by atoms with Crippen LogP contribution in [0.15, 0.2) is 18.2 Å². The van der Waals surface area contributed by atoms with Gasteiger partial charge in [-0.3, -0.25) is 4.79 Å². The predicted molar refractivity (Wildman–Crippen MR) is 70.0 cm³/mol. The molecule has 2 heterocycles. The van der Waals surface area contributed by atoms with E-state index in [9.17, 15) is 4.79 Å². The van der Waals surface area contributed by atoms with E-state index in [1.54, 1.807) is 0 Å². The van der Waals surface area contributed by atoms with E-state index in [0.29, 0.717) is 6.42 Å². The lowest BCUT2D eigenvalue weighted by atomic mass is 10.2. The Bertz CT molecular complexity index is 617. The fourth-order valence-electron chi connectivity index (χ4n) is 2.53. The Hall–Kier alpha value is -2.04. The molecule has 0 bridgehead atoms. The molecule has 94 valence electrons. The number of amides is 1. The molecule has 1 atom stereocenters. The maximum absolute atomic E-state index is 11.2. The van der Waals surface area contributed by atoms with E-state index in [1.807, 2.05) is 25.1 Å². The summed E-state index contributed by atoms with van der Waals surface area (Å²) in [5.41, 5.74) is 8.47. The number of hydrogen-bond acceptors (Lipinski definition) is 3. The van der Waals surface area contributed by atoms with Crippen molar-refractivity contribution >= 4 is 22.6 Å². The van der Waals surface area contributed by atoms with E-state index < -0.39 is 0 Å². The Labute approximate surface area is 105 Å². The number of aryl methyl sites for hydroxylation is 1. The van der Waals surface area contributed by atoms with E-state index in [2.05, 4.69) is 14.9 Å². The van der Waals surface area contributed by atoms with Crippen molar-refractivity contribution in [1.29, 1.82) is 0 Å². The van der Waals surface area contributed by atoms with E-state index in [0.717, 1.165) is 35.5 Å². The number of hydrogen-bond donors (Lipinski definition) is 2. The normalized spacial score (nSPS) is 19.4. The average molecular weight is 244 g/mol. The second kappa shape index (κ2) is 4.01. The fourth-order valence-corrected chi connectivity index (χ4v) is 2.53. The molecule has 2 aromatic rings. The van der Waals surface area contributed by atoms with Crippen LogP contribution in [0.2, 0.25) is 0 Å². The minimum atomic E-state index is 0.145. The standard InChI is InChI=1S/C13H16N4O/c1-8-15-11-6-9(14)2-4-12(11)17(8)7-10-3-5-13(18)16-10/h2,4,6,10H,3,5,7,14H2,1H3,(H,16,18). The molecule has 1 unspecified atom stereocenters. The first-order chi connectivity index (χ1) is 8.63. The van der Waals surface area contributed by atoms with E-state index in [-0.39, 0.29) is 11.9 Å². The third-order valence-corrected chi connectivity index (χ3v) is 3.45. The average Bonchev–Trinajstić information content (AvgIpc) is 2.84. The molecular weight excluding hydrogens is 228 g/mol. The zero-order valence-corrected chi connectivity index (χ0v) is 10.3. The van der Waals surface area contributed by atoms with Gasteiger partial charge in [0, 0.05) is 24.7 Å². The summed E-state index contributed by atoms with van der Waals surface area (Å²) in [6.07, 6.45) is 1.52. The summed E-state index contributed by atoms with van der Waals surface area (Å²) in [5.74, 6) is 1.10.